The van der Waals surface area contributed by atoms with Gasteiger partial charge in [0.2, 0.25) is 0 Å². The topological polar surface area (TPSA) is 88.2 Å². The van der Waals surface area contributed by atoms with Crippen molar-refractivity contribution >= 4 is 5.96 Å². The summed E-state index contributed by atoms with van der Waals surface area (Å²) in [6.45, 7) is 5.75. The Balaban J connectivity index is 1.55. The molecule has 2 heterocycles. The van der Waals surface area contributed by atoms with Gasteiger partial charge in [-0.05, 0) is 31.4 Å². The van der Waals surface area contributed by atoms with Crippen LogP contribution in [0.1, 0.15) is 26.1 Å². The summed E-state index contributed by atoms with van der Waals surface area (Å²) in [6, 6.07) is 6.14. The summed E-state index contributed by atoms with van der Waals surface area (Å²) in [6.07, 6.45) is 3.55. The third-order valence-corrected chi connectivity index (χ3v) is 3.73. The molecule has 0 aliphatic heterocycles. The Morgan fingerprint density at radius 1 is 1.43 bits per heavy atom. The molecule has 2 aromatic rings. The summed E-state index contributed by atoms with van der Waals surface area (Å²) in [4.78, 5) is 13.1. The molecule has 2 N–H and O–H groups in total. The van der Waals surface area contributed by atoms with Crippen LogP contribution in [-0.2, 0) is 6.42 Å². The van der Waals surface area contributed by atoms with Crippen LogP contribution in [0.2, 0.25) is 0 Å². The molecule has 7 nitrogen and oxygen atoms in total. The monoisotopic (exact) mass is 314 g/mol. The van der Waals surface area contributed by atoms with Crippen molar-refractivity contribution in [1.82, 2.24) is 25.8 Å². The van der Waals surface area contributed by atoms with Crippen molar-refractivity contribution in [2.24, 2.45) is 10.9 Å². The highest BCUT2D eigenvalue weighted by atomic mass is 16.5. The zero-order valence-corrected chi connectivity index (χ0v) is 13.5. The van der Waals surface area contributed by atoms with Gasteiger partial charge in [-0.15, -0.1) is 0 Å². The molecule has 0 bridgehead atoms. The van der Waals surface area contributed by atoms with Gasteiger partial charge in [-0.3, -0.25) is 9.98 Å². The van der Waals surface area contributed by atoms with Crippen LogP contribution in [0.5, 0.6) is 0 Å². The van der Waals surface area contributed by atoms with Crippen LogP contribution in [0.15, 0.2) is 33.9 Å². The lowest BCUT2D eigenvalue weighted by molar-refractivity contribution is 0.421. The van der Waals surface area contributed by atoms with Crippen molar-refractivity contribution in [3.05, 3.63) is 30.2 Å². The quantitative estimate of drug-likeness (QED) is 0.622. The maximum absolute atomic E-state index is 5.24. The van der Waals surface area contributed by atoms with Crippen LogP contribution in [0.4, 0.5) is 0 Å². The molecule has 0 amide bonds. The zero-order valence-electron chi connectivity index (χ0n) is 13.5. The molecule has 1 aliphatic carbocycles. The second-order valence-corrected chi connectivity index (χ2v) is 5.71. The van der Waals surface area contributed by atoms with Gasteiger partial charge in [0.25, 0.3) is 5.89 Å². The minimum absolute atomic E-state index is 0.446. The molecule has 23 heavy (non-hydrogen) atoms. The van der Waals surface area contributed by atoms with Gasteiger partial charge in [0, 0.05) is 31.7 Å². The van der Waals surface area contributed by atoms with Gasteiger partial charge in [-0.25, -0.2) is 0 Å². The largest absolute Gasteiger partial charge is 0.357 e. The molecule has 1 aliphatic rings. The second kappa shape index (κ2) is 7.21. The first kappa shape index (κ1) is 15.5. The van der Waals surface area contributed by atoms with Crippen LogP contribution >= 0.6 is 0 Å². The molecule has 1 fully saturated rings. The summed E-state index contributed by atoms with van der Waals surface area (Å²) in [5, 5.41) is 10.7. The van der Waals surface area contributed by atoms with Gasteiger partial charge in [-0.1, -0.05) is 18.1 Å². The van der Waals surface area contributed by atoms with E-state index in [0.717, 1.165) is 18.4 Å². The summed E-state index contributed by atoms with van der Waals surface area (Å²) >= 11 is 0. The van der Waals surface area contributed by atoms with Crippen LogP contribution in [-0.4, -0.2) is 40.2 Å². The first-order valence-corrected chi connectivity index (χ1v) is 8.05. The van der Waals surface area contributed by atoms with Crippen LogP contribution in [0.25, 0.3) is 11.6 Å². The fourth-order valence-corrected chi connectivity index (χ4v) is 2.24. The number of guanidine groups is 1. The first-order valence-electron chi connectivity index (χ1n) is 8.05. The van der Waals surface area contributed by atoms with Gasteiger partial charge in [-0.2, -0.15) is 4.98 Å². The molecule has 2 aromatic heterocycles. The van der Waals surface area contributed by atoms with Crippen LogP contribution < -0.4 is 10.6 Å². The van der Waals surface area contributed by atoms with E-state index in [-0.39, 0.29) is 0 Å². The smallest absolute Gasteiger partial charge is 0.276 e. The summed E-state index contributed by atoms with van der Waals surface area (Å²) in [5.41, 5.74) is 0.687. The number of nitrogens with one attached hydrogen (secondary N) is 2. The molecule has 0 spiro atoms. The van der Waals surface area contributed by atoms with Gasteiger partial charge in [0.15, 0.2) is 11.8 Å². The number of hydrogen-bond donors (Lipinski definition) is 2. The molecule has 0 radical (unpaired) electrons. The lowest BCUT2D eigenvalue weighted by Crippen LogP contribution is -2.39. The Bertz CT molecular complexity index is 654. The number of aliphatic imine (C=N–C) groups is 1. The average molecular weight is 314 g/mol. The van der Waals surface area contributed by atoms with E-state index in [2.05, 4.69) is 44.6 Å². The van der Waals surface area contributed by atoms with E-state index in [1.807, 2.05) is 18.2 Å². The fourth-order valence-electron chi connectivity index (χ4n) is 2.24. The van der Waals surface area contributed by atoms with Gasteiger partial charge < -0.3 is 15.2 Å². The molecule has 0 saturated heterocycles. The molecular weight excluding hydrogens is 292 g/mol. The Kier molecular flexibility index (Phi) is 4.85. The van der Waals surface area contributed by atoms with Gasteiger partial charge in [0.05, 0.1) is 0 Å². The van der Waals surface area contributed by atoms with Gasteiger partial charge in [0.1, 0.15) is 5.69 Å². The third kappa shape index (κ3) is 4.28. The average Bonchev–Trinajstić information content (AvgIpc) is 3.07. The highest BCUT2D eigenvalue weighted by Crippen LogP contribution is 2.28. The first-order chi connectivity index (χ1) is 11.3. The van der Waals surface area contributed by atoms with Gasteiger partial charge >= 0.3 is 0 Å². The maximum Gasteiger partial charge on any atom is 0.276 e. The van der Waals surface area contributed by atoms with Crippen LogP contribution in [0.3, 0.4) is 0 Å². The third-order valence-electron chi connectivity index (χ3n) is 3.73. The molecule has 2 unspecified atom stereocenters. The minimum Gasteiger partial charge on any atom is -0.357 e. The van der Waals surface area contributed by atoms with E-state index in [1.165, 1.54) is 6.42 Å². The summed E-state index contributed by atoms with van der Waals surface area (Å²) < 4.78 is 5.24. The molecule has 7 heteroatoms. The lowest BCUT2D eigenvalue weighted by Gasteiger charge is -2.10. The SMILES string of the molecule is CCNC(=NCCc1noc(-c2ccccn2)n1)NC1CC1C. The fraction of sp³-hybridized carbons (Fsp3) is 0.500. The van der Waals surface area contributed by atoms with Crippen molar-refractivity contribution in [3.63, 3.8) is 0 Å². The standard InChI is InChI=1S/C16H22N6O/c1-3-17-16(20-13-10-11(13)2)19-9-7-14-21-15(23-22-14)12-6-4-5-8-18-12/h4-6,8,11,13H,3,7,9-10H2,1-2H3,(H2,17,19,20). The normalized spacial score (nSPS) is 20.3. The highest BCUT2D eigenvalue weighted by Gasteiger charge is 2.33. The Morgan fingerprint density at radius 3 is 3.00 bits per heavy atom. The van der Waals surface area contributed by atoms with E-state index < -0.39 is 0 Å². The lowest BCUT2D eigenvalue weighted by atomic mass is 10.3. The van der Waals surface area contributed by atoms with E-state index in [4.69, 9.17) is 4.52 Å². The number of rotatable bonds is 6. The number of pyridine rings is 1. The van der Waals surface area contributed by atoms with E-state index >= 15 is 0 Å². The Labute approximate surface area is 135 Å². The summed E-state index contributed by atoms with van der Waals surface area (Å²) in [7, 11) is 0. The maximum atomic E-state index is 5.24. The van der Waals surface area contributed by atoms with E-state index in [1.54, 1.807) is 6.20 Å². The van der Waals surface area contributed by atoms with Crippen molar-refractivity contribution in [2.75, 3.05) is 13.1 Å². The predicted octanol–water partition coefficient (Wildman–Crippen LogP) is 1.64. The Hall–Kier alpha value is -2.44. The van der Waals surface area contributed by atoms with Crippen molar-refractivity contribution < 1.29 is 4.52 Å². The second-order valence-electron chi connectivity index (χ2n) is 5.71. The molecule has 3 rings (SSSR count). The number of aromatic nitrogens is 3. The molecule has 122 valence electrons. The number of hydrogen-bond acceptors (Lipinski definition) is 5. The number of nitrogens with zero attached hydrogens (tertiary/aromatic N) is 4. The molecule has 1 saturated carbocycles. The zero-order chi connectivity index (χ0) is 16.1. The molecule has 0 aromatic carbocycles. The van der Waals surface area contributed by atoms with E-state index in [0.29, 0.717) is 36.4 Å². The summed E-state index contributed by atoms with van der Waals surface area (Å²) in [5.74, 6) is 2.68. The van der Waals surface area contributed by atoms with Crippen molar-refractivity contribution in [3.8, 4) is 11.6 Å². The highest BCUT2D eigenvalue weighted by molar-refractivity contribution is 5.80. The van der Waals surface area contributed by atoms with Crippen molar-refractivity contribution in [2.45, 2.75) is 32.7 Å². The van der Waals surface area contributed by atoms with Crippen molar-refractivity contribution in [1.29, 1.82) is 0 Å². The van der Waals surface area contributed by atoms with Crippen LogP contribution in [0, 0.1) is 5.92 Å². The minimum atomic E-state index is 0.446. The molecular formula is C16H22N6O. The van der Waals surface area contributed by atoms with E-state index in [9.17, 15) is 0 Å². The Morgan fingerprint density at radius 2 is 2.30 bits per heavy atom. The predicted molar refractivity (Wildman–Crippen MR) is 87.9 cm³/mol. The molecule has 2 atom stereocenters.